The van der Waals surface area contributed by atoms with Gasteiger partial charge in [-0.15, -0.1) is 0 Å². The fourth-order valence-corrected chi connectivity index (χ4v) is 3.34. The van der Waals surface area contributed by atoms with Crippen molar-refractivity contribution in [1.82, 2.24) is 24.6 Å². The predicted molar refractivity (Wildman–Crippen MR) is 112 cm³/mol. The van der Waals surface area contributed by atoms with Gasteiger partial charge in [0.15, 0.2) is 0 Å². The highest BCUT2D eigenvalue weighted by Gasteiger charge is 2.30. The third-order valence-electron chi connectivity index (χ3n) is 5.07. The quantitative estimate of drug-likeness (QED) is 0.485. The van der Waals surface area contributed by atoms with Crippen LogP contribution in [0.2, 0.25) is 0 Å². The summed E-state index contributed by atoms with van der Waals surface area (Å²) in [4.78, 5) is 16.6. The van der Waals surface area contributed by atoms with Gasteiger partial charge in [0.05, 0.1) is 35.0 Å². The summed E-state index contributed by atoms with van der Waals surface area (Å²) in [5, 5.41) is 6.95. The van der Waals surface area contributed by atoms with E-state index in [1.807, 2.05) is 35.0 Å². The number of nitrogens with zero attached hydrogens (tertiary/aromatic N) is 4. The van der Waals surface area contributed by atoms with Crippen LogP contribution in [-0.4, -0.2) is 25.2 Å². The van der Waals surface area contributed by atoms with Gasteiger partial charge >= 0.3 is 6.18 Å². The minimum atomic E-state index is -4.45. The van der Waals surface area contributed by atoms with Gasteiger partial charge < -0.3 is 9.88 Å². The first-order valence-electron chi connectivity index (χ1n) is 9.85. The highest BCUT2D eigenvalue weighted by Crippen LogP contribution is 2.30. The molecule has 0 aliphatic carbocycles. The Morgan fingerprint density at radius 3 is 2.53 bits per heavy atom. The molecule has 0 aliphatic heterocycles. The summed E-state index contributed by atoms with van der Waals surface area (Å²) >= 11 is 0. The molecular weight excluding hydrogens is 419 g/mol. The molecule has 0 saturated heterocycles. The molecule has 0 fully saturated rings. The predicted octanol–water partition coefficient (Wildman–Crippen LogP) is 4.37. The Morgan fingerprint density at radius 1 is 1.09 bits per heavy atom. The van der Waals surface area contributed by atoms with Gasteiger partial charge in [0, 0.05) is 25.5 Å². The Labute approximate surface area is 182 Å². The summed E-state index contributed by atoms with van der Waals surface area (Å²) < 4.78 is 42.3. The molecule has 0 bridgehead atoms. The molecule has 1 amide bonds. The number of aromatic nitrogens is 4. The van der Waals surface area contributed by atoms with E-state index in [9.17, 15) is 18.0 Å². The molecule has 164 valence electrons. The molecule has 2 aromatic carbocycles. The number of carbonyl (C=O) groups excluding carboxylic acids is 1. The first-order valence-corrected chi connectivity index (χ1v) is 9.85. The molecule has 0 radical (unpaired) electrons. The Kier molecular flexibility index (Phi) is 5.81. The Bertz CT molecular complexity index is 1210. The van der Waals surface area contributed by atoms with Crippen LogP contribution in [0.25, 0.3) is 5.69 Å². The molecular formula is C23H20F3N5O. The first kappa shape index (κ1) is 21.4. The number of rotatable bonds is 6. The maximum Gasteiger partial charge on any atom is 0.416 e. The lowest BCUT2D eigenvalue weighted by Gasteiger charge is -2.10. The number of alkyl halides is 3. The van der Waals surface area contributed by atoms with E-state index in [2.05, 4.69) is 15.4 Å². The lowest BCUT2D eigenvalue weighted by molar-refractivity contribution is -0.137. The molecule has 4 rings (SSSR count). The highest BCUT2D eigenvalue weighted by atomic mass is 19.4. The van der Waals surface area contributed by atoms with Gasteiger partial charge in [-0.25, -0.2) is 9.67 Å². The zero-order chi connectivity index (χ0) is 22.7. The van der Waals surface area contributed by atoms with Crippen LogP contribution in [0.3, 0.4) is 0 Å². The largest absolute Gasteiger partial charge is 0.416 e. The smallest absolute Gasteiger partial charge is 0.348 e. The lowest BCUT2D eigenvalue weighted by atomic mass is 10.1. The minimum absolute atomic E-state index is 0.241. The van der Waals surface area contributed by atoms with E-state index >= 15 is 0 Å². The van der Waals surface area contributed by atoms with Crippen molar-refractivity contribution >= 4 is 5.91 Å². The Hall–Kier alpha value is -3.88. The van der Waals surface area contributed by atoms with Crippen molar-refractivity contribution in [2.75, 3.05) is 0 Å². The molecule has 0 unspecified atom stereocenters. The summed E-state index contributed by atoms with van der Waals surface area (Å²) in [5.74, 6) is -0.344. The summed E-state index contributed by atoms with van der Waals surface area (Å²) in [6, 6.07) is 12.7. The Balaban J connectivity index is 1.42. The second kappa shape index (κ2) is 8.70. The third kappa shape index (κ3) is 4.72. The van der Waals surface area contributed by atoms with Gasteiger partial charge in [0.1, 0.15) is 0 Å². The van der Waals surface area contributed by atoms with Crippen molar-refractivity contribution in [3.63, 3.8) is 0 Å². The van der Waals surface area contributed by atoms with Crippen LogP contribution in [-0.2, 0) is 19.3 Å². The van der Waals surface area contributed by atoms with E-state index in [-0.39, 0.29) is 11.6 Å². The van der Waals surface area contributed by atoms with Crippen molar-refractivity contribution < 1.29 is 18.0 Å². The van der Waals surface area contributed by atoms with Gasteiger partial charge in [-0.1, -0.05) is 30.3 Å². The number of carbonyl (C=O) groups is 1. The zero-order valence-electron chi connectivity index (χ0n) is 17.2. The molecule has 0 atom stereocenters. The van der Waals surface area contributed by atoms with Gasteiger partial charge in [-0.2, -0.15) is 18.3 Å². The molecule has 2 heterocycles. The summed E-state index contributed by atoms with van der Waals surface area (Å²) in [6.07, 6.45) is 2.26. The van der Waals surface area contributed by atoms with Crippen LogP contribution < -0.4 is 5.32 Å². The molecule has 6 nitrogen and oxygen atoms in total. The van der Waals surface area contributed by atoms with Crippen LogP contribution in [0, 0.1) is 6.92 Å². The number of halogens is 3. The highest BCUT2D eigenvalue weighted by molar-refractivity contribution is 5.95. The number of amides is 1. The average molecular weight is 439 g/mol. The number of imidazole rings is 1. The van der Waals surface area contributed by atoms with Gasteiger partial charge in [0.2, 0.25) is 0 Å². The average Bonchev–Trinajstić information content (AvgIpc) is 3.42. The molecule has 9 heteroatoms. The maximum absolute atomic E-state index is 13.0. The van der Waals surface area contributed by atoms with Gasteiger partial charge in [0.25, 0.3) is 5.91 Å². The van der Waals surface area contributed by atoms with E-state index in [0.29, 0.717) is 24.3 Å². The molecule has 0 saturated carbocycles. The van der Waals surface area contributed by atoms with Crippen LogP contribution in [0.4, 0.5) is 13.2 Å². The molecule has 32 heavy (non-hydrogen) atoms. The number of hydrogen-bond donors (Lipinski definition) is 1. The van der Waals surface area contributed by atoms with Crippen molar-refractivity contribution in [2.45, 2.75) is 26.2 Å². The Morgan fingerprint density at radius 2 is 1.84 bits per heavy atom. The fourth-order valence-electron chi connectivity index (χ4n) is 3.34. The summed E-state index contributed by atoms with van der Waals surface area (Å²) in [5.41, 5.74) is 2.26. The molecule has 0 aliphatic rings. The molecule has 2 aromatic heterocycles. The number of hydrogen-bond acceptors (Lipinski definition) is 3. The monoisotopic (exact) mass is 439 g/mol. The second-order valence-electron chi connectivity index (χ2n) is 7.34. The maximum atomic E-state index is 13.0. The minimum Gasteiger partial charge on any atom is -0.348 e. The van der Waals surface area contributed by atoms with E-state index < -0.39 is 11.7 Å². The van der Waals surface area contributed by atoms with Crippen molar-refractivity contribution in [3.05, 3.63) is 101 Å². The van der Waals surface area contributed by atoms with E-state index in [1.54, 1.807) is 19.4 Å². The SMILES string of the molecule is Cc1c(C(=O)NCc2ccc(Cn3ccnc3)cc2)cnn1-c1cccc(C(F)(F)F)c1. The lowest BCUT2D eigenvalue weighted by Crippen LogP contribution is -2.23. The van der Waals surface area contributed by atoms with Gasteiger partial charge in [-0.3, -0.25) is 4.79 Å². The number of benzene rings is 2. The van der Waals surface area contributed by atoms with Gasteiger partial charge in [-0.05, 0) is 36.2 Å². The van der Waals surface area contributed by atoms with E-state index in [4.69, 9.17) is 0 Å². The van der Waals surface area contributed by atoms with Crippen molar-refractivity contribution in [1.29, 1.82) is 0 Å². The number of nitrogens with one attached hydrogen (secondary N) is 1. The standard InChI is InChI=1S/C23H20F3N5O/c1-16-21(13-29-31(16)20-4-2-3-19(11-20)23(24,25)26)22(32)28-12-17-5-7-18(8-6-17)14-30-10-9-27-15-30/h2-11,13,15H,12,14H2,1H3,(H,28,32). The van der Waals surface area contributed by atoms with Crippen molar-refractivity contribution in [2.24, 2.45) is 0 Å². The second-order valence-corrected chi connectivity index (χ2v) is 7.34. The fraction of sp³-hybridized carbons (Fsp3) is 0.174. The summed E-state index contributed by atoms with van der Waals surface area (Å²) in [7, 11) is 0. The zero-order valence-corrected chi connectivity index (χ0v) is 17.2. The normalized spacial score (nSPS) is 11.5. The first-order chi connectivity index (χ1) is 15.3. The molecule has 0 spiro atoms. The van der Waals surface area contributed by atoms with E-state index in [0.717, 1.165) is 23.3 Å². The van der Waals surface area contributed by atoms with Crippen LogP contribution in [0.15, 0.2) is 73.4 Å². The van der Waals surface area contributed by atoms with Crippen molar-refractivity contribution in [3.8, 4) is 5.69 Å². The van der Waals surface area contributed by atoms with Crippen LogP contribution in [0.5, 0.6) is 0 Å². The third-order valence-corrected chi connectivity index (χ3v) is 5.07. The van der Waals surface area contributed by atoms with E-state index in [1.165, 1.54) is 23.0 Å². The molecule has 4 aromatic rings. The summed E-state index contributed by atoms with van der Waals surface area (Å²) in [6.45, 7) is 2.67. The molecule has 1 N–H and O–H groups in total. The van der Waals surface area contributed by atoms with Crippen LogP contribution >= 0.6 is 0 Å². The van der Waals surface area contributed by atoms with Crippen LogP contribution in [0.1, 0.15) is 32.7 Å². The topological polar surface area (TPSA) is 64.7 Å².